The first-order valence-electron chi connectivity index (χ1n) is 45.8. The van der Waals surface area contributed by atoms with Crippen LogP contribution in [-0.2, 0) is 117 Å². The number of primary amides is 1. The molecule has 4 aliphatic heterocycles. The second-order valence-electron chi connectivity index (χ2n) is 34.7. The van der Waals surface area contributed by atoms with Crippen molar-refractivity contribution in [2.24, 2.45) is 16.5 Å². The minimum absolute atomic E-state index is 0.0348. The van der Waals surface area contributed by atoms with Gasteiger partial charge in [0.05, 0.1) is 31.4 Å². The first kappa shape index (κ1) is 108. The lowest BCUT2D eigenvalue weighted by Gasteiger charge is -2.36. The maximum atomic E-state index is 15.9. The van der Waals surface area contributed by atoms with Crippen molar-refractivity contribution in [3.05, 3.63) is 114 Å². The molecule has 5 aromatic rings. The number of aromatic nitrogens is 2. The molecule has 748 valence electrons. The van der Waals surface area contributed by atoms with Gasteiger partial charge in [0, 0.05) is 125 Å². The van der Waals surface area contributed by atoms with Crippen LogP contribution in [0.25, 0.3) is 21.8 Å². The van der Waals surface area contributed by atoms with Gasteiger partial charge in [0.2, 0.25) is 94.5 Å². The summed E-state index contributed by atoms with van der Waals surface area (Å²) in [6.07, 6.45) is 1.12. The summed E-state index contributed by atoms with van der Waals surface area (Å²) in [6, 6.07) is -4.67. The van der Waals surface area contributed by atoms with Crippen molar-refractivity contribution < 1.29 is 122 Å². The number of aliphatic hydroxyl groups excluding tert-OH is 2. The van der Waals surface area contributed by atoms with Gasteiger partial charge in [0.1, 0.15) is 96.9 Å². The summed E-state index contributed by atoms with van der Waals surface area (Å²) in [5, 5.41) is 90.0. The summed E-state index contributed by atoms with van der Waals surface area (Å²) in [7, 11) is 3.75. The van der Waals surface area contributed by atoms with E-state index in [4.69, 9.17) is 11.5 Å². The number of benzene rings is 3. The quantitative estimate of drug-likeness (QED) is 0.0242. The predicted octanol–water partition coefficient (Wildman–Crippen LogP) is -2.69. The SMILES string of the molecule is CCCC[C@H]1C(=O)N(C)[C@@H](CCCC)C(=O)N[C@@H](CCCN)C(=O)N[C@H](C(=O)NCC(N)=O)CSCC(=O)N[C@@H](Cc2ccc(O)cc2)C(=O)N(C)[C@@H](C)C(=O)N[C@@H](CC(=O)O)C(=O)N2CCC[C@H]2C(=O)N[C@@H](CC2=CN=CC2)C(=O)N[C@@H](CCC(=O)O)C(=O)N2C[C@H](O)C[C@H]2C(=O)N[C@@H](Cc2c[nH]c3ccccc23)C(=O)N[C@@H](CO)C(=O)N[C@@H](Cc2cn(CC(=O)O)c3ccccc23)C(=O)N1C. The van der Waals surface area contributed by atoms with Crippen LogP contribution in [0.4, 0.5) is 0 Å². The molecule has 16 amide bonds. The number of likely N-dealkylation sites (N-methyl/N-ethyl adjacent to an activating group) is 3. The summed E-state index contributed by atoms with van der Waals surface area (Å²) in [5.74, 6) is -22.0. The van der Waals surface area contributed by atoms with Gasteiger partial charge in [-0.2, -0.15) is 0 Å². The van der Waals surface area contributed by atoms with Gasteiger partial charge >= 0.3 is 17.9 Å². The smallest absolute Gasteiger partial charge is 0.323 e. The van der Waals surface area contributed by atoms with Crippen LogP contribution in [0.2, 0.25) is 0 Å². The molecule has 45 nitrogen and oxygen atoms in total. The van der Waals surface area contributed by atoms with E-state index in [1.807, 2.05) is 0 Å². The third-order valence-corrected chi connectivity index (χ3v) is 25.7. The van der Waals surface area contributed by atoms with Crippen molar-refractivity contribution in [1.82, 2.24) is 87.2 Å². The molecule has 15 atom stereocenters. The summed E-state index contributed by atoms with van der Waals surface area (Å²) >= 11 is 0.741. The Morgan fingerprint density at radius 1 is 0.558 bits per heavy atom. The highest BCUT2D eigenvalue weighted by molar-refractivity contribution is 8.00. The number of fused-ring (bicyclic) bond motifs is 4. The second kappa shape index (κ2) is 51.3. The number of para-hydroxylation sites is 2. The van der Waals surface area contributed by atoms with Crippen LogP contribution in [0.1, 0.15) is 140 Å². The molecule has 2 aromatic heterocycles. The van der Waals surface area contributed by atoms with Gasteiger partial charge in [0.25, 0.3) is 0 Å². The van der Waals surface area contributed by atoms with E-state index in [9.17, 15) is 83.4 Å². The number of phenols is 1. The predicted molar refractivity (Wildman–Crippen MR) is 500 cm³/mol. The molecule has 0 aliphatic carbocycles. The molecular weight excluding hydrogens is 1820 g/mol. The van der Waals surface area contributed by atoms with Gasteiger partial charge in [-0.15, -0.1) is 11.8 Å². The number of aliphatic carboxylic acids is 3. The van der Waals surface area contributed by atoms with Crippen LogP contribution in [0.15, 0.2) is 102 Å². The van der Waals surface area contributed by atoms with E-state index >= 15 is 38.4 Å². The van der Waals surface area contributed by atoms with Crippen LogP contribution in [0.3, 0.4) is 0 Å². The third-order valence-electron chi connectivity index (χ3n) is 24.7. The fourth-order valence-corrected chi connectivity index (χ4v) is 17.9. The lowest BCUT2D eigenvalue weighted by atomic mass is 10.00. The third kappa shape index (κ3) is 29.6. The number of aliphatic hydroxyl groups is 2. The van der Waals surface area contributed by atoms with Crippen molar-refractivity contribution in [2.45, 2.75) is 240 Å². The average molecular weight is 1940 g/mol. The molecule has 138 heavy (non-hydrogen) atoms. The monoisotopic (exact) mass is 1940 g/mol. The highest BCUT2D eigenvalue weighted by Gasteiger charge is 2.47. The van der Waals surface area contributed by atoms with E-state index in [0.717, 1.165) is 36.3 Å². The van der Waals surface area contributed by atoms with Crippen LogP contribution in [0.5, 0.6) is 5.75 Å². The lowest BCUT2D eigenvalue weighted by Crippen LogP contribution is -2.61. The highest BCUT2D eigenvalue weighted by Crippen LogP contribution is 2.29. The summed E-state index contributed by atoms with van der Waals surface area (Å²) in [6.45, 7) is 1.44. The molecule has 0 radical (unpaired) electrons. The fraction of sp³-hybridized carbons (Fsp3) is 0.522. The van der Waals surface area contributed by atoms with Crippen LogP contribution in [-0.4, -0.2) is 339 Å². The maximum absolute atomic E-state index is 15.9. The molecule has 46 heteroatoms. The van der Waals surface area contributed by atoms with E-state index in [1.54, 1.807) is 62.4 Å². The normalized spacial score (nSPS) is 24.9. The number of carbonyl (C=O) groups excluding carboxylic acids is 16. The zero-order valence-electron chi connectivity index (χ0n) is 77.6. The average Bonchev–Trinajstić information content (AvgIpc) is 1.63. The fourth-order valence-electron chi connectivity index (χ4n) is 17.0. The van der Waals surface area contributed by atoms with Crippen molar-refractivity contribution in [3.63, 3.8) is 0 Å². The van der Waals surface area contributed by atoms with Gasteiger partial charge in [-0.25, -0.2) is 0 Å². The number of hydrogen-bond acceptors (Lipinski definition) is 25. The van der Waals surface area contributed by atoms with Crippen molar-refractivity contribution in [1.29, 1.82) is 0 Å². The Hall–Kier alpha value is -13.9. The standard InChI is InChI=1S/C92H124N20O25S/c1-7-9-21-70-85(130)99-60(20-15-32-93)81(126)106-68(80(125)97-43-74(94)116)48-138-49-75(117)98-64(35-51-25-27-55(114)28-26-51)88(133)107(4)50(3)79(124)103-66(40-77(120)121)91(136)111-34-16-24-71(111)86(131)101-62(36-52-31-33-95-41-52)82(127)100-61(29-30-76(118)119)90(135)112-45-56(115)39-73(112)87(132)102-63(37-53-42-96-59-19-13-11-17-57(53)59)83(128)105-67(47-113)84(129)104-65(89(134)109(6)72(22-10-8-2)92(137)108(70)5)38-54-44-110(46-78(122)123)69-23-14-12-18-58(54)69/h11-14,17-19,23,25-28,33,41-42,44,50,56,60-68,70-73,96,113-115H,7-10,15-16,20-22,24,29-32,34-40,43,45-49,93H2,1-6H3,(H2,94,116)(H,97,125)(H,98,117)(H,99,130)(H,100,127)(H,101,131)(H,102,132)(H,103,124)(H,104,129)(H,105,128)(H,106,126)(H,118,119)(H,120,121)(H,122,123)/t50-,56+,60-,61-,62-,63-,64-,65-,66-,67-,68-,70-,71-,72-,73-/m0/s1. The summed E-state index contributed by atoms with van der Waals surface area (Å²) in [4.78, 5) is 287. The number of carbonyl (C=O) groups is 19. The molecule has 3 aromatic carbocycles. The molecule has 9 rings (SSSR count). The first-order chi connectivity index (χ1) is 65.7. The number of H-pyrrole nitrogens is 1. The largest absolute Gasteiger partial charge is 0.508 e. The molecule has 0 saturated carbocycles. The van der Waals surface area contributed by atoms with E-state index in [2.05, 4.69) is 63.1 Å². The molecule has 21 N–H and O–H groups in total. The maximum Gasteiger partial charge on any atom is 0.323 e. The van der Waals surface area contributed by atoms with Gasteiger partial charge in [0.15, 0.2) is 0 Å². The topological polar surface area (TPSA) is 667 Å². The number of unbranched alkanes of at least 4 members (excludes halogenated alkanes) is 2. The van der Waals surface area contributed by atoms with Gasteiger partial charge in [-0.05, 0) is 111 Å². The number of aliphatic imine (C=N–C) groups is 1. The molecule has 0 spiro atoms. The number of carboxylic acid groups (broad SMARTS) is 3. The van der Waals surface area contributed by atoms with E-state index in [0.29, 0.717) is 57.8 Å². The number of hydrogen-bond donors (Lipinski definition) is 19. The Bertz CT molecular complexity index is 5360. The van der Waals surface area contributed by atoms with Crippen molar-refractivity contribution in [3.8, 4) is 5.75 Å². The number of thioether (sulfide) groups is 1. The van der Waals surface area contributed by atoms with E-state index in [1.165, 1.54) is 81.7 Å². The van der Waals surface area contributed by atoms with Gasteiger partial charge in [-0.1, -0.05) is 88.1 Å². The molecule has 6 heterocycles. The van der Waals surface area contributed by atoms with Crippen LogP contribution >= 0.6 is 11.8 Å². The van der Waals surface area contributed by atoms with E-state index < -0.39 is 279 Å². The zero-order chi connectivity index (χ0) is 101. The molecule has 3 saturated heterocycles. The first-order valence-corrected chi connectivity index (χ1v) is 46.9. The molecular formula is C92H124N20O25S. The molecule has 0 unspecified atom stereocenters. The zero-order valence-corrected chi connectivity index (χ0v) is 78.4. The summed E-state index contributed by atoms with van der Waals surface area (Å²) in [5.41, 5.74) is 13.9. The summed E-state index contributed by atoms with van der Waals surface area (Å²) < 4.78 is 1.39. The Balaban J connectivity index is 1.11. The minimum Gasteiger partial charge on any atom is -0.508 e. The van der Waals surface area contributed by atoms with E-state index in [-0.39, 0.29) is 88.6 Å². The number of nitrogens with zero attached hydrogens (tertiary/aromatic N) is 7. The van der Waals surface area contributed by atoms with Gasteiger partial charge < -0.3 is 129 Å². The van der Waals surface area contributed by atoms with Gasteiger partial charge in [-0.3, -0.25) is 96.1 Å². The Morgan fingerprint density at radius 2 is 1.14 bits per heavy atom. The Kier molecular flexibility index (Phi) is 40.1. The molecule has 4 aliphatic rings. The number of rotatable bonds is 28. The lowest BCUT2D eigenvalue weighted by molar-refractivity contribution is -0.149. The number of aromatic amines is 1. The number of nitrogens with two attached hydrogens (primary N) is 2. The van der Waals surface area contributed by atoms with Crippen LogP contribution in [0, 0.1) is 0 Å². The number of nitrogens with one attached hydrogen (secondary N) is 11. The Labute approximate surface area is 798 Å². The van der Waals surface area contributed by atoms with Crippen LogP contribution < -0.4 is 64.6 Å². The minimum atomic E-state index is -2.01. The second-order valence-corrected chi connectivity index (χ2v) is 35.8. The highest BCUT2D eigenvalue weighted by atomic mass is 32.2. The molecule has 0 bridgehead atoms. The number of amides is 16. The van der Waals surface area contributed by atoms with Crippen molar-refractivity contribution in [2.75, 3.05) is 65.4 Å². The Morgan fingerprint density at radius 3 is 1.78 bits per heavy atom. The molecule has 3 fully saturated rings. The number of phenolic OH excluding ortho intramolecular Hbond substituents is 1. The van der Waals surface area contributed by atoms with Crippen molar-refractivity contribution >= 4 is 152 Å². The number of aromatic hydroxyl groups is 1. The number of carboxylic acids is 3.